The summed E-state index contributed by atoms with van der Waals surface area (Å²) < 4.78 is 0. The molecule has 0 spiro atoms. The molecular formula is C13H12N2OS. The zero-order valence-electron chi connectivity index (χ0n) is 9.22. The van der Waals surface area contributed by atoms with Crippen molar-refractivity contribution < 1.29 is 4.79 Å². The van der Waals surface area contributed by atoms with Gasteiger partial charge in [-0.15, -0.1) is 11.3 Å². The molecule has 0 saturated carbocycles. The molecule has 2 rings (SSSR count). The summed E-state index contributed by atoms with van der Waals surface area (Å²) in [6, 6.07) is 10.2. The third-order valence-electron chi connectivity index (χ3n) is 2.19. The third kappa shape index (κ3) is 3.26. The number of rotatable bonds is 4. The molecule has 0 bridgehead atoms. The van der Waals surface area contributed by atoms with Crippen LogP contribution in [-0.4, -0.2) is 10.9 Å². The van der Waals surface area contributed by atoms with Crippen molar-refractivity contribution in [2.75, 3.05) is 5.32 Å². The van der Waals surface area contributed by atoms with Crippen molar-refractivity contribution in [3.8, 4) is 0 Å². The highest BCUT2D eigenvalue weighted by molar-refractivity contribution is 7.15. The summed E-state index contributed by atoms with van der Waals surface area (Å²) >= 11 is 1.48. The van der Waals surface area contributed by atoms with E-state index in [1.807, 2.05) is 18.2 Å². The zero-order valence-corrected chi connectivity index (χ0v) is 10.0. The van der Waals surface area contributed by atoms with Crippen LogP contribution in [0.25, 0.3) is 0 Å². The Morgan fingerprint density at radius 1 is 1.41 bits per heavy atom. The SMILES string of the molecule is C=CC(=O)Nc1ncc(Cc2ccccc2)s1. The third-order valence-corrected chi connectivity index (χ3v) is 3.10. The maximum atomic E-state index is 11.1. The van der Waals surface area contributed by atoms with Crippen LogP contribution in [0, 0.1) is 0 Å². The largest absolute Gasteiger partial charge is 0.298 e. The Kier molecular flexibility index (Phi) is 3.67. The molecule has 0 unspecified atom stereocenters. The van der Waals surface area contributed by atoms with Crippen LogP contribution in [0.5, 0.6) is 0 Å². The van der Waals surface area contributed by atoms with E-state index in [2.05, 4.69) is 29.0 Å². The van der Waals surface area contributed by atoms with Gasteiger partial charge in [-0.25, -0.2) is 4.98 Å². The molecule has 4 heteroatoms. The lowest BCUT2D eigenvalue weighted by Crippen LogP contribution is -2.06. The number of hydrogen-bond donors (Lipinski definition) is 1. The molecule has 3 nitrogen and oxygen atoms in total. The number of thiazole rings is 1. The molecule has 1 aromatic heterocycles. The van der Waals surface area contributed by atoms with Crippen molar-refractivity contribution in [3.63, 3.8) is 0 Å². The maximum absolute atomic E-state index is 11.1. The minimum atomic E-state index is -0.231. The molecule has 0 aliphatic carbocycles. The number of amides is 1. The average Bonchev–Trinajstić information content (AvgIpc) is 2.77. The Morgan fingerprint density at radius 2 is 2.18 bits per heavy atom. The minimum Gasteiger partial charge on any atom is -0.298 e. The Hall–Kier alpha value is -1.94. The van der Waals surface area contributed by atoms with Crippen molar-refractivity contribution in [2.24, 2.45) is 0 Å². The fraction of sp³-hybridized carbons (Fsp3) is 0.0769. The molecule has 0 aliphatic rings. The number of aromatic nitrogens is 1. The number of nitrogens with zero attached hydrogens (tertiary/aromatic N) is 1. The number of benzene rings is 1. The maximum Gasteiger partial charge on any atom is 0.249 e. The van der Waals surface area contributed by atoms with Gasteiger partial charge in [-0.2, -0.15) is 0 Å². The molecule has 1 amide bonds. The number of anilines is 1. The Balaban J connectivity index is 2.04. The van der Waals surface area contributed by atoms with Crippen molar-refractivity contribution >= 4 is 22.4 Å². The fourth-order valence-corrected chi connectivity index (χ4v) is 2.25. The fourth-order valence-electron chi connectivity index (χ4n) is 1.40. The molecule has 1 N–H and O–H groups in total. The predicted molar refractivity (Wildman–Crippen MR) is 70.2 cm³/mol. The number of carbonyl (C=O) groups excluding carboxylic acids is 1. The molecule has 2 aromatic rings. The van der Waals surface area contributed by atoms with Gasteiger partial charge in [-0.1, -0.05) is 36.9 Å². The highest BCUT2D eigenvalue weighted by Crippen LogP contribution is 2.20. The molecule has 0 fully saturated rings. The van der Waals surface area contributed by atoms with Gasteiger partial charge < -0.3 is 0 Å². The van der Waals surface area contributed by atoms with Gasteiger partial charge in [0.05, 0.1) is 0 Å². The molecule has 0 atom stereocenters. The monoisotopic (exact) mass is 244 g/mol. The van der Waals surface area contributed by atoms with Crippen molar-refractivity contribution in [2.45, 2.75) is 6.42 Å². The van der Waals surface area contributed by atoms with Gasteiger partial charge in [0.2, 0.25) is 5.91 Å². The first-order valence-corrected chi connectivity index (χ1v) is 6.01. The Morgan fingerprint density at radius 3 is 2.88 bits per heavy atom. The van der Waals surface area contributed by atoms with Gasteiger partial charge in [0.15, 0.2) is 5.13 Å². The van der Waals surface area contributed by atoms with Crippen molar-refractivity contribution in [3.05, 3.63) is 59.6 Å². The van der Waals surface area contributed by atoms with Gasteiger partial charge in [0.1, 0.15) is 0 Å². The first kappa shape index (κ1) is 11.5. The number of hydrogen-bond acceptors (Lipinski definition) is 3. The summed E-state index contributed by atoms with van der Waals surface area (Å²) in [6.07, 6.45) is 3.86. The van der Waals surface area contributed by atoms with Gasteiger partial charge in [-0.05, 0) is 11.6 Å². The van der Waals surface area contributed by atoms with E-state index in [1.165, 1.54) is 23.0 Å². The van der Waals surface area contributed by atoms with E-state index in [-0.39, 0.29) is 5.91 Å². The summed E-state index contributed by atoms with van der Waals surface area (Å²) in [5.74, 6) is -0.231. The first-order chi connectivity index (χ1) is 8.28. The van der Waals surface area contributed by atoms with Gasteiger partial charge in [-0.3, -0.25) is 10.1 Å². The lowest BCUT2D eigenvalue weighted by atomic mass is 10.1. The van der Waals surface area contributed by atoms with Crippen LogP contribution in [0.3, 0.4) is 0 Å². The van der Waals surface area contributed by atoms with Crippen LogP contribution >= 0.6 is 11.3 Å². The van der Waals surface area contributed by atoms with Crippen LogP contribution in [0.1, 0.15) is 10.4 Å². The second-order valence-corrected chi connectivity index (χ2v) is 4.60. The van der Waals surface area contributed by atoms with Gasteiger partial charge >= 0.3 is 0 Å². The molecule has 1 aromatic carbocycles. The minimum absolute atomic E-state index is 0.231. The van der Waals surface area contributed by atoms with Crippen molar-refractivity contribution in [1.29, 1.82) is 0 Å². The smallest absolute Gasteiger partial charge is 0.249 e. The number of carbonyl (C=O) groups is 1. The average molecular weight is 244 g/mol. The second kappa shape index (κ2) is 5.41. The van der Waals surface area contributed by atoms with Crippen LogP contribution < -0.4 is 5.32 Å². The highest BCUT2D eigenvalue weighted by Gasteiger charge is 2.04. The predicted octanol–water partition coefficient (Wildman–Crippen LogP) is 2.86. The molecule has 1 heterocycles. The van der Waals surface area contributed by atoms with Crippen molar-refractivity contribution in [1.82, 2.24) is 4.98 Å². The molecule has 86 valence electrons. The lowest BCUT2D eigenvalue weighted by molar-refractivity contribution is -0.111. The van der Waals surface area contributed by atoms with Gasteiger partial charge in [0.25, 0.3) is 0 Å². The van der Waals surface area contributed by atoms with E-state index in [0.717, 1.165) is 11.3 Å². The lowest BCUT2D eigenvalue weighted by Gasteiger charge is -1.96. The normalized spacial score (nSPS) is 9.88. The standard InChI is InChI=1S/C13H12N2OS/c1-2-12(16)15-13-14-9-11(17-13)8-10-6-4-3-5-7-10/h2-7,9H,1,8H2,(H,14,15,16). The summed E-state index contributed by atoms with van der Waals surface area (Å²) in [6.45, 7) is 3.40. The highest BCUT2D eigenvalue weighted by atomic mass is 32.1. The van der Waals surface area contributed by atoms with Crippen LogP contribution in [0.2, 0.25) is 0 Å². The van der Waals surface area contributed by atoms with Crippen LogP contribution in [-0.2, 0) is 11.2 Å². The molecular weight excluding hydrogens is 232 g/mol. The quantitative estimate of drug-likeness (QED) is 0.840. The van der Waals surface area contributed by atoms with E-state index < -0.39 is 0 Å². The van der Waals surface area contributed by atoms with E-state index in [4.69, 9.17) is 0 Å². The van der Waals surface area contributed by atoms with E-state index in [1.54, 1.807) is 6.20 Å². The summed E-state index contributed by atoms with van der Waals surface area (Å²) in [4.78, 5) is 16.3. The molecule has 0 aliphatic heterocycles. The topological polar surface area (TPSA) is 42.0 Å². The zero-order chi connectivity index (χ0) is 12.1. The van der Waals surface area contributed by atoms with E-state index >= 15 is 0 Å². The molecule has 0 saturated heterocycles. The summed E-state index contributed by atoms with van der Waals surface area (Å²) in [7, 11) is 0. The Bertz CT molecular complexity index is 519. The summed E-state index contributed by atoms with van der Waals surface area (Å²) in [5, 5.41) is 3.26. The van der Waals surface area contributed by atoms with Crippen LogP contribution in [0.15, 0.2) is 49.2 Å². The second-order valence-electron chi connectivity index (χ2n) is 3.49. The van der Waals surface area contributed by atoms with Crippen LogP contribution in [0.4, 0.5) is 5.13 Å². The Labute approximate surface area is 104 Å². The molecule has 0 radical (unpaired) electrons. The van der Waals surface area contributed by atoms with E-state index in [9.17, 15) is 4.79 Å². The number of nitrogens with one attached hydrogen (secondary N) is 1. The van der Waals surface area contributed by atoms with Gasteiger partial charge in [0, 0.05) is 17.5 Å². The first-order valence-electron chi connectivity index (χ1n) is 5.20. The summed E-state index contributed by atoms with van der Waals surface area (Å²) in [5.41, 5.74) is 1.23. The van der Waals surface area contributed by atoms with E-state index in [0.29, 0.717) is 5.13 Å². The molecule has 17 heavy (non-hydrogen) atoms.